The lowest BCUT2D eigenvalue weighted by Crippen LogP contribution is -2.56. The number of hydrogen-bond acceptors (Lipinski definition) is 2. The Morgan fingerprint density at radius 2 is 1.59 bits per heavy atom. The van der Waals surface area contributed by atoms with Crippen LogP contribution in [0.2, 0.25) is 0 Å². The Bertz CT molecular complexity index is 2390. The zero-order chi connectivity index (χ0) is 32.3. The van der Waals surface area contributed by atoms with Crippen LogP contribution in [0.25, 0.3) is 50.1 Å². The molecule has 0 amide bonds. The van der Waals surface area contributed by atoms with Crippen LogP contribution in [0.15, 0.2) is 152 Å². The molecule has 1 aromatic heterocycles. The molecular formula is C46H34N2O. The number of fused-ring (bicyclic) bond motifs is 8. The fourth-order valence-corrected chi connectivity index (χ4v) is 8.20. The first-order chi connectivity index (χ1) is 24.3. The second-order valence-electron chi connectivity index (χ2n) is 13.4. The Labute approximate surface area is 287 Å². The number of benzene rings is 4. The highest BCUT2D eigenvalue weighted by molar-refractivity contribution is 5.95. The van der Waals surface area contributed by atoms with Crippen molar-refractivity contribution >= 4 is 39.0 Å². The van der Waals surface area contributed by atoms with Crippen LogP contribution in [0.3, 0.4) is 0 Å². The number of aryl methyl sites for hydroxylation is 1. The van der Waals surface area contributed by atoms with Crippen LogP contribution in [0.1, 0.15) is 23.2 Å². The molecular weight excluding hydrogens is 597 g/mol. The summed E-state index contributed by atoms with van der Waals surface area (Å²) in [5, 5.41) is 3.84. The van der Waals surface area contributed by atoms with Gasteiger partial charge in [-0.1, -0.05) is 115 Å². The normalized spacial score (nSPS) is 22.0. The number of aromatic nitrogens is 1. The zero-order valence-corrected chi connectivity index (χ0v) is 27.0. The third-order valence-corrected chi connectivity index (χ3v) is 10.6. The molecule has 0 radical (unpaired) electrons. The number of hydrogen-bond donors (Lipinski definition) is 0. The molecule has 0 spiro atoms. The van der Waals surface area contributed by atoms with Gasteiger partial charge in [0, 0.05) is 28.2 Å². The van der Waals surface area contributed by atoms with E-state index < -0.39 is 0 Å². The molecule has 10 rings (SSSR count). The van der Waals surface area contributed by atoms with Crippen molar-refractivity contribution in [2.75, 3.05) is 4.90 Å². The van der Waals surface area contributed by atoms with E-state index in [-0.39, 0.29) is 24.3 Å². The highest BCUT2D eigenvalue weighted by Gasteiger charge is 2.42. The second-order valence-corrected chi connectivity index (χ2v) is 13.4. The molecule has 234 valence electrons. The quantitative estimate of drug-likeness (QED) is 0.193. The molecule has 4 atom stereocenters. The lowest BCUT2D eigenvalue weighted by Gasteiger charge is -2.47. The maximum atomic E-state index is 6.86. The Morgan fingerprint density at radius 1 is 0.714 bits per heavy atom. The van der Waals surface area contributed by atoms with Gasteiger partial charge in [0.1, 0.15) is 0 Å². The van der Waals surface area contributed by atoms with E-state index in [1.807, 2.05) is 6.07 Å². The maximum absolute atomic E-state index is 6.86. The van der Waals surface area contributed by atoms with Crippen molar-refractivity contribution < 1.29 is 4.74 Å². The highest BCUT2D eigenvalue weighted by Crippen LogP contribution is 2.41. The standard InChI is InChI=1S/C46H34N2O/c1-2-10-31(11-3-1)33-18-23-37(24-19-33)48-43-17-9-7-15-40(43)45-27-22-36(30-46(48)49-45)35-21-26-44-41(29-35)39-14-6-8-16-42(39)47(44)38-25-20-32-12-4-5-13-34(32)28-38/h1-5,7-13,15-18,20-23,25-30,40,43,45-46H,6,14H2. The summed E-state index contributed by atoms with van der Waals surface area (Å²) in [5.41, 5.74) is 10.7. The minimum Gasteiger partial charge on any atom is -0.347 e. The summed E-state index contributed by atoms with van der Waals surface area (Å²) >= 11 is 0. The van der Waals surface area contributed by atoms with Crippen LogP contribution >= 0.6 is 0 Å². The van der Waals surface area contributed by atoms with Gasteiger partial charge < -0.3 is 14.2 Å². The highest BCUT2D eigenvalue weighted by atomic mass is 16.5. The van der Waals surface area contributed by atoms with E-state index in [4.69, 9.17) is 4.74 Å². The van der Waals surface area contributed by atoms with Gasteiger partial charge in [0.25, 0.3) is 0 Å². The lowest BCUT2D eigenvalue weighted by atomic mass is 9.86. The monoisotopic (exact) mass is 630 g/mol. The van der Waals surface area contributed by atoms with Gasteiger partial charge in [-0.15, -0.1) is 0 Å². The number of anilines is 1. The van der Waals surface area contributed by atoms with Crippen molar-refractivity contribution in [1.82, 2.24) is 4.57 Å². The molecule has 0 saturated carbocycles. The number of allylic oxidation sites excluding steroid dienone is 5. The summed E-state index contributed by atoms with van der Waals surface area (Å²) in [6, 6.07) is 44.2. The number of ether oxygens (including phenoxy) is 1. The van der Waals surface area contributed by atoms with Gasteiger partial charge in [0.05, 0.1) is 23.3 Å². The zero-order valence-electron chi connectivity index (χ0n) is 27.0. The largest absolute Gasteiger partial charge is 0.347 e. The third kappa shape index (κ3) is 4.71. The first-order valence-corrected chi connectivity index (χ1v) is 17.3. The van der Waals surface area contributed by atoms with Crippen LogP contribution in [0.4, 0.5) is 5.69 Å². The van der Waals surface area contributed by atoms with Gasteiger partial charge in [-0.05, 0) is 100 Å². The molecule has 1 fully saturated rings. The van der Waals surface area contributed by atoms with Crippen LogP contribution in [0, 0.1) is 18.1 Å². The van der Waals surface area contributed by atoms with Crippen molar-refractivity contribution in [2.24, 2.45) is 5.92 Å². The van der Waals surface area contributed by atoms with Crippen molar-refractivity contribution in [3.05, 3.63) is 181 Å². The Morgan fingerprint density at radius 3 is 2.49 bits per heavy atom. The van der Waals surface area contributed by atoms with E-state index in [2.05, 4.69) is 173 Å². The fourth-order valence-electron chi connectivity index (χ4n) is 8.20. The van der Waals surface area contributed by atoms with E-state index in [0.717, 1.165) is 29.7 Å². The summed E-state index contributed by atoms with van der Waals surface area (Å²) in [7, 11) is 0. The average Bonchev–Trinajstić information content (AvgIpc) is 3.38. The van der Waals surface area contributed by atoms with Gasteiger partial charge in [-0.3, -0.25) is 0 Å². The SMILES string of the molecule is c1c(-c2ccccc2)ccc(N2C3C=C(c4ccc5c(c4)c4c(n5-c5ccc6ccccc6c5)C=CCC4)C=CC(O3)C3C=CC=CC32)c#1. The van der Waals surface area contributed by atoms with E-state index in [1.165, 1.54) is 49.8 Å². The molecule has 4 aliphatic rings. The van der Waals surface area contributed by atoms with Crippen LogP contribution < -0.4 is 4.90 Å². The molecule has 2 aliphatic carbocycles. The molecule has 0 N–H and O–H groups in total. The van der Waals surface area contributed by atoms with Gasteiger partial charge in [-0.25, -0.2) is 0 Å². The van der Waals surface area contributed by atoms with Crippen LogP contribution in [-0.4, -0.2) is 22.9 Å². The molecule has 5 aromatic carbocycles. The number of nitrogens with zero attached hydrogens (tertiary/aromatic N) is 2. The summed E-state index contributed by atoms with van der Waals surface area (Å²) in [4.78, 5) is 2.38. The smallest absolute Gasteiger partial charge is 0.152 e. The Balaban J connectivity index is 1.07. The van der Waals surface area contributed by atoms with E-state index in [0.29, 0.717) is 0 Å². The summed E-state index contributed by atoms with van der Waals surface area (Å²) < 4.78 is 9.30. The van der Waals surface area contributed by atoms with E-state index >= 15 is 0 Å². The molecule has 1 saturated heterocycles. The molecule has 2 aliphatic heterocycles. The van der Waals surface area contributed by atoms with Crippen molar-refractivity contribution in [3.8, 4) is 16.8 Å². The fraction of sp³-hybridized carbons (Fsp3) is 0.130. The Kier molecular flexibility index (Phi) is 6.57. The molecule has 6 aromatic rings. The first-order valence-electron chi connectivity index (χ1n) is 17.3. The van der Waals surface area contributed by atoms with Gasteiger partial charge >= 0.3 is 0 Å². The van der Waals surface area contributed by atoms with Crippen molar-refractivity contribution in [2.45, 2.75) is 31.2 Å². The summed E-state index contributed by atoms with van der Waals surface area (Å²) in [6.45, 7) is 0. The van der Waals surface area contributed by atoms with Crippen LogP contribution in [-0.2, 0) is 11.2 Å². The molecule has 3 heteroatoms. The second kappa shape index (κ2) is 11.4. The van der Waals surface area contributed by atoms with E-state index in [9.17, 15) is 0 Å². The van der Waals surface area contributed by atoms with Crippen molar-refractivity contribution in [1.29, 1.82) is 0 Å². The molecule has 3 heterocycles. The average molecular weight is 631 g/mol. The Hall–Kier alpha value is -5.82. The van der Waals surface area contributed by atoms with Crippen LogP contribution in [0.5, 0.6) is 0 Å². The minimum atomic E-state index is -0.255. The molecule has 49 heavy (non-hydrogen) atoms. The van der Waals surface area contributed by atoms with Gasteiger partial charge in [0.15, 0.2) is 6.23 Å². The van der Waals surface area contributed by atoms with Gasteiger partial charge in [-0.2, -0.15) is 0 Å². The summed E-state index contributed by atoms with van der Waals surface area (Å²) in [6.07, 6.45) is 22.2. The predicted molar refractivity (Wildman–Crippen MR) is 202 cm³/mol. The molecule has 4 unspecified atom stereocenters. The molecule has 2 bridgehead atoms. The predicted octanol–water partition coefficient (Wildman–Crippen LogP) is 10.3. The minimum absolute atomic E-state index is 0.0237. The lowest BCUT2D eigenvalue weighted by molar-refractivity contribution is -0.0212. The van der Waals surface area contributed by atoms with E-state index in [1.54, 1.807) is 0 Å². The maximum Gasteiger partial charge on any atom is 0.152 e. The van der Waals surface area contributed by atoms with Crippen molar-refractivity contribution in [3.63, 3.8) is 0 Å². The topological polar surface area (TPSA) is 17.4 Å². The summed E-state index contributed by atoms with van der Waals surface area (Å²) in [5.74, 6) is 0.199. The molecule has 3 nitrogen and oxygen atoms in total. The third-order valence-electron chi connectivity index (χ3n) is 10.6. The first kappa shape index (κ1) is 28.2. The van der Waals surface area contributed by atoms with Gasteiger partial charge in [0.2, 0.25) is 0 Å². The number of rotatable bonds is 4.